The summed E-state index contributed by atoms with van der Waals surface area (Å²) in [7, 11) is -4.56. The van der Waals surface area contributed by atoms with Crippen molar-refractivity contribution in [3.8, 4) is 5.75 Å². The zero-order chi connectivity index (χ0) is 26.7. The Balaban J connectivity index is 0.000000270. The van der Waals surface area contributed by atoms with E-state index in [1.54, 1.807) is 0 Å². The summed E-state index contributed by atoms with van der Waals surface area (Å²) in [4.78, 5) is 13.8. The van der Waals surface area contributed by atoms with Gasteiger partial charge in [-0.3, -0.25) is 4.72 Å². The summed E-state index contributed by atoms with van der Waals surface area (Å²) >= 11 is 16.9. The van der Waals surface area contributed by atoms with Crippen LogP contribution in [0.25, 0.3) is 0 Å². The number of carboxylic acid groups (broad SMARTS) is 1. The molecule has 3 N–H and O–H groups in total. The molecule has 4 rings (SSSR count). The van der Waals surface area contributed by atoms with E-state index in [1.807, 2.05) is 22.9 Å². The van der Waals surface area contributed by atoms with E-state index in [2.05, 4.69) is 10.3 Å². The predicted molar refractivity (Wildman–Crippen MR) is 129 cm³/mol. The van der Waals surface area contributed by atoms with E-state index >= 15 is 0 Å². The van der Waals surface area contributed by atoms with Crippen molar-refractivity contribution in [3.05, 3.63) is 75.0 Å². The number of halogens is 6. The smallest absolute Gasteiger partial charge is 0.417 e. The number of carboxylic acids is 1. The van der Waals surface area contributed by atoms with Gasteiger partial charge in [0.1, 0.15) is 12.4 Å². The molecule has 0 amide bonds. The number of aromatic nitrogens is 1. The number of fused-ring (bicyclic) bond motifs is 1. The molecular formula is C21H15Cl3F3N3O5S. The minimum Gasteiger partial charge on any atom is -0.490 e. The molecule has 0 spiro atoms. The molecule has 1 aromatic heterocycles. The first-order valence-electron chi connectivity index (χ1n) is 9.72. The van der Waals surface area contributed by atoms with Gasteiger partial charge in [0.2, 0.25) is 0 Å². The number of alkyl halides is 3. The number of pyridine rings is 1. The van der Waals surface area contributed by atoms with Crippen LogP contribution in [-0.2, 0) is 16.2 Å². The second-order valence-electron chi connectivity index (χ2n) is 7.02. The minimum absolute atomic E-state index is 0.0743. The monoisotopic (exact) mass is 583 g/mol. The fourth-order valence-corrected chi connectivity index (χ4v) is 4.53. The van der Waals surface area contributed by atoms with Gasteiger partial charge < -0.3 is 15.2 Å². The van der Waals surface area contributed by atoms with E-state index in [-0.39, 0.29) is 5.02 Å². The fraction of sp³-hybridized carbons (Fsp3) is 0.143. The maximum absolute atomic E-state index is 12.9. The largest absolute Gasteiger partial charge is 0.490 e. The molecular weight excluding hydrogens is 570 g/mol. The number of rotatable bonds is 4. The number of nitrogens with one attached hydrogen (secondary N) is 2. The van der Waals surface area contributed by atoms with Crippen LogP contribution in [0.1, 0.15) is 16.1 Å². The Bertz CT molecular complexity index is 1410. The predicted octanol–water partition coefficient (Wildman–Crippen LogP) is 6.05. The molecule has 1 aliphatic heterocycles. The molecule has 36 heavy (non-hydrogen) atoms. The highest BCUT2D eigenvalue weighted by atomic mass is 35.5. The molecule has 0 saturated heterocycles. The van der Waals surface area contributed by atoms with E-state index < -0.39 is 49.0 Å². The minimum atomic E-state index is -4.87. The standard InChI is InChI=1S/C13H7Cl2F3N2O4S.C8H8ClNO/c14-6-3-10(11(12(21)22)19-5-6)20-25(23,24)7-1-2-9(15)8(4-7)13(16,17)18;9-6-1-2-8-7(5-6)10-3-4-11-8/h1-5,20H,(H,21,22);1-2,5,10H,3-4H2. The molecule has 8 nitrogen and oxygen atoms in total. The molecule has 3 aromatic rings. The zero-order valence-corrected chi connectivity index (χ0v) is 20.8. The van der Waals surface area contributed by atoms with Crippen LogP contribution < -0.4 is 14.8 Å². The fourth-order valence-electron chi connectivity index (χ4n) is 2.89. The highest BCUT2D eigenvalue weighted by Crippen LogP contribution is 2.36. The van der Waals surface area contributed by atoms with Crippen molar-refractivity contribution in [2.24, 2.45) is 0 Å². The van der Waals surface area contributed by atoms with E-state index in [0.29, 0.717) is 6.07 Å². The number of sulfonamides is 1. The molecule has 0 atom stereocenters. The molecule has 0 fully saturated rings. The average molecular weight is 585 g/mol. The second kappa shape index (κ2) is 11.0. The van der Waals surface area contributed by atoms with E-state index in [9.17, 15) is 26.4 Å². The Morgan fingerprint density at radius 1 is 1.08 bits per heavy atom. The van der Waals surface area contributed by atoms with Crippen LogP contribution in [0.5, 0.6) is 5.75 Å². The number of carbonyl (C=O) groups is 1. The van der Waals surface area contributed by atoms with Gasteiger partial charge >= 0.3 is 12.1 Å². The Morgan fingerprint density at radius 2 is 1.81 bits per heavy atom. The molecule has 0 saturated carbocycles. The molecule has 1 aliphatic rings. The molecule has 0 unspecified atom stereocenters. The molecule has 0 radical (unpaired) electrons. The second-order valence-corrected chi connectivity index (χ2v) is 9.98. The molecule has 192 valence electrons. The zero-order valence-electron chi connectivity index (χ0n) is 17.7. The van der Waals surface area contributed by atoms with Gasteiger partial charge in [0, 0.05) is 17.8 Å². The number of ether oxygens (including phenoxy) is 1. The summed E-state index contributed by atoms with van der Waals surface area (Å²) in [6.07, 6.45) is -3.89. The first kappa shape index (κ1) is 27.7. The highest BCUT2D eigenvalue weighted by Gasteiger charge is 2.34. The maximum Gasteiger partial charge on any atom is 0.417 e. The summed E-state index contributed by atoms with van der Waals surface area (Å²) in [5.41, 5.74) is -1.52. The Kier molecular flexibility index (Phi) is 8.44. The number of anilines is 2. The number of nitrogens with zero attached hydrogens (tertiary/aromatic N) is 1. The summed E-state index contributed by atoms with van der Waals surface area (Å²) in [5.74, 6) is -0.665. The van der Waals surface area contributed by atoms with Gasteiger partial charge in [-0.15, -0.1) is 0 Å². The van der Waals surface area contributed by atoms with Crippen LogP contribution in [0.4, 0.5) is 24.5 Å². The van der Waals surface area contributed by atoms with Crippen LogP contribution in [0.2, 0.25) is 15.1 Å². The highest BCUT2D eigenvalue weighted by molar-refractivity contribution is 7.92. The summed E-state index contributed by atoms with van der Waals surface area (Å²) < 4.78 is 70.4. The van der Waals surface area contributed by atoms with Crippen LogP contribution in [-0.4, -0.2) is 37.6 Å². The van der Waals surface area contributed by atoms with E-state index in [1.165, 1.54) is 0 Å². The summed E-state index contributed by atoms with van der Waals surface area (Å²) in [5, 5.41) is 12.2. The SMILES string of the molecule is Clc1ccc2c(c1)NCCO2.O=C(O)c1ncc(Cl)cc1NS(=O)(=O)c1ccc(Cl)c(C(F)(F)F)c1. The lowest BCUT2D eigenvalue weighted by molar-refractivity contribution is -0.137. The van der Waals surface area contributed by atoms with Crippen LogP contribution in [0, 0.1) is 0 Å². The maximum atomic E-state index is 12.9. The number of aromatic carboxylic acids is 1. The Hall–Kier alpha value is -2.93. The van der Waals surface area contributed by atoms with Gasteiger partial charge in [0.25, 0.3) is 10.0 Å². The Morgan fingerprint density at radius 3 is 2.47 bits per heavy atom. The van der Waals surface area contributed by atoms with Gasteiger partial charge in [0.15, 0.2) is 5.69 Å². The lowest BCUT2D eigenvalue weighted by Gasteiger charge is -2.18. The van der Waals surface area contributed by atoms with Gasteiger partial charge in [-0.25, -0.2) is 18.2 Å². The van der Waals surface area contributed by atoms with Crippen molar-refractivity contribution in [1.82, 2.24) is 4.98 Å². The van der Waals surface area contributed by atoms with Crippen LogP contribution >= 0.6 is 34.8 Å². The van der Waals surface area contributed by atoms with Crippen LogP contribution in [0.15, 0.2) is 53.6 Å². The van der Waals surface area contributed by atoms with E-state index in [4.69, 9.17) is 44.6 Å². The van der Waals surface area contributed by atoms with Crippen molar-refractivity contribution in [3.63, 3.8) is 0 Å². The molecule has 2 heterocycles. The van der Waals surface area contributed by atoms with E-state index in [0.717, 1.165) is 54.0 Å². The van der Waals surface area contributed by atoms with Gasteiger partial charge in [-0.2, -0.15) is 13.2 Å². The van der Waals surface area contributed by atoms with Crippen molar-refractivity contribution < 1.29 is 36.2 Å². The average Bonchev–Trinajstić information content (AvgIpc) is 2.78. The quantitative estimate of drug-likeness (QED) is 0.342. The third-order valence-electron chi connectivity index (χ3n) is 4.47. The normalized spacial score (nSPS) is 12.8. The molecule has 2 aromatic carbocycles. The van der Waals surface area contributed by atoms with Crippen molar-refractivity contribution >= 4 is 62.2 Å². The Labute approximate surface area is 218 Å². The number of hydrogen-bond donors (Lipinski definition) is 3. The molecule has 15 heteroatoms. The summed E-state index contributed by atoms with van der Waals surface area (Å²) in [6, 6.07) is 8.50. The molecule has 0 bridgehead atoms. The first-order chi connectivity index (χ1) is 16.8. The van der Waals surface area contributed by atoms with Crippen LogP contribution in [0.3, 0.4) is 0 Å². The lowest BCUT2D eigenvalue weighted by Crippen LogP contribution is -2.17. The van der Waals surface area contributed by atoms with Gasteiger partial charge in [0.05, 0.1) is 31.9 Å². The summed E-state index contributed by atoms with van der Waals surface area (Å²) in [6.45, 7) is 1.59. The number of benzene rings is 2. The number of hydrogen-bond acceptors (Lipinski definition) is 6. The van der Waals surface area contributed by atoms with Gasteiger partial charge in [-0.05, 0) is 42.5 Å². The van der Waals surface area contributed by atoms with Crippen molar-refractivity contribution in [2.45, 2.75) is 11.1 Å². The van der Waals surface area contributed by atoms with Gasteiger partial charge in [-0.1, -0.05) is 34.8 Å². The lowest BCUT2D eigenvalue weighted by atomic mass is 10.2. The third-order valence-corrected chi connectivity index (χ3v) is 6.61. The van der Waals surface area contributed by atoms with Crippen molar-refractivity contribution in [1.29, 1.82) is 0 Å². The third kappa shape index (κ3) is 6.84. The topological polar surface area (TPSA) is 118 Å². The molecule has 0 aliphatic carbocycles. The first-order valence-corrected chi connectivity index (χ1v) is 12.3. The van der Waals surface area contributed by atoms with Crippen molar-refractivity contribution in [2.75, 3.05) is 23.2 Å².